The van der Waals surface area contributed by atoms with E-state index in [1.165, 1.54) is 17.7 Å². The number of halogens is 1. The van der Waals surface area contributed by atoms with E-state index in [4.69, 9.17) is 0 Å². The lowest BCUT2D eigenvalue weighted by molar-refractivity contribution is -0.126. The maximum Gasteiger partial charge on any atom is 0.225 e. The van der Waals surface area contributed by atoms with E-state index >= 15 is 0 Å². The molecule has 1 N–H and O–H groups in total. The Morgan fingerprint density at radius 3 is 2.46 bits per heavy atom. The van der Waals surface area contributed by atoms with Crippen LogP contribution in [0.5, 0.6) is 0 Å². The molecule has 3 heterocycles. The van der Waals surface area contributed by atoms with E-state index in [0.717, 1.165) is 63.0 Å². The Kier molecular flexibility index (Phi) is 7.33. The van der Waals surface area contributed by atoms with Crippen LogP contribution in [-0.4, -0.2) is 53.0 Å². The summed E-state index contributed by atoms with van der Waals surface area (Å²) in [6.07, 6.45) is 7.24. The summed E-state index contributed by atoms with van der Waals surface area (Å²) < 4.78 is 13.5. The van der Waals surface area contributed by atoms with Crippen LogP contribution in [0.15, 0.2) is 67.0 Å². The van der Waals surface area contributed by atoms with Crippen LogP contribution in [0.3, 0.4) is 0 Å². The number of hydrogen-bond acceptors (Lipinski definition) is 5. The van der Waals surface area contributed by atoms with Crippen molar-refractivity contribution >= 4 is 11.9 Å². The number of piperidine rings is 2. The zero-order valence-electron chi connectivity index (χ0n) is 19.9. The van der Waals surface area contributed by atoms with Crippen LogP contribution in [0, 0.1) is 11.7 Å². The molecule has 0 aliphatic carbocycles. The van der Waals surface area contributed by atoms with Crippen LogP contribution in [0.4, 0.5) is 10.3 Å². The second-order valence-electron chi connectivity index (χ2n) is 9.61. The fraction of sp³-hybridized carbons (Fsp3) is 0.393. The van der Waals surface area contributed by atoms with E-state index in [-0.39, 0.29) is 23.7 Å². The van der Waals surface area contributed by atoms with Gasteiger partial charge in [0.25, 0.3) is 0 Å². The van der Waals surface area contributed by atoms with Crippen molar-refractivity contribution in [3.63, 3.8) is 0 Å². The first-order valence-corrected chi connectivity index (χ1v) is 12.5. The van der Waals surface area contributed by atoms with Gasteiger partial charge >= 0.3 is 0 Å². The van der Waals surface area contributed by atoms with Gasteiger partial charge in [-0.2, -0.15) is 0 Å². The number of benzene rings is 2. The Bertz CT molecular complexity index is 1120. The number of rotatable bonds is 6. The van der Waals surface area contributed by atoms with Crippen molar-refractivity contribution in [1.29, 1.82) is 0 Å². The number of carbonyl (C=O) groups is 1. The minimum absolute atomic E-state index is 0.0578. The number of aromatic nitrogens is 2. The predicted octanol–water partition coefficient (Wildman–Crippen LogP) is 4.28. The van der Waals surface area contributed by atoms with E-state index < -0.39 is 0 Å². The minimum atomic E-state index is -0.279. The Hall–Kier alpha value is -3.32. The standard InChI is InChI=1S/C28H32FN5O/c29-25-10-4-8-22(16-25)24-17-30-28(31-18-24)34-13-5-9-23(20-34)27(35)32-26-11-14-33(15-12-26)19-21-6-2-1-3-7-21/h1-4,6-8,10,16-18,23,26H,5,9,11-15,19-20H2,(H,32,35). The second kappa shape index (κ2) is 11.0. The van der Waals surface area contributed by atoms with Crippen LogP contribution in [-0.2, 0) is 11.3 Å². The number of carbonyl (C=O) groups excluding carboxylic acids is 1. The van der Waals surface area contributed by atoms with E-state index in [0.29, 0.717) is 12.5 Å². The van der Waals surface area contributed by atoms with Crippen molar-refractivity contribution < 1.29 is 9.18 Å². The Balaban J connectivity index is 1.12. The van der Waals surface area contributed by atoms with Gasteiger partial charge in [-0.15, -0.1) is 0 Å². The second-order valence-corrected chi connectivity index (χ2v) is 9.61. The lowest BCUT2D eigenvalue weighted by atomic mass is 9.96. The SMILES string of the molecule is O=C(NC1CCN(Cc2ccccc2)CC1)C1CCCN(c2ncc(-c3cccc(F)c3)cn2)C1. The molecule has 7 heteroatoms. The topological polar surface area (TPSA) is 61.4 Å². The Morgan fingerprint density at radius 1 is 0.943 bits per heavy atom. The van der Waals surface area contributed by atoms with Gasteiger partial charge < -0.3 is 10.2 Å². The number of anilines is 1. The molecule has 6 nitrogen and oxygen atoms in total. The molecule has 0 radical (unpaired) electrons. The smallest absolute Gasteiger partial charge is 0.225 e. The molecule has 2 fully saturated rings. The van der Waals surface area contributed by atoms with Crippen molar-refractivity contribution in [2.75, 3.05) is 31.1 Å². The summed E-state index contributed by atoms with van der Waals surface area (Å²) in [6.45, 7) is 4.43. The molecule has 5 rings (SSSR count). The molecule has 2 aliphatic heterocycles. The van der Waals surface area contributed by atoms with Crippen LogP contribution < -0.4 is 10.2 Å². The van der Waals surface area contributed by atoms with Crippen LogP contribution in [0.2, 0.25) is 0 Å². The van der Waals surface area contributed by atoms with E-state index in [9.17, 15) is 9.18 Å². The van der Waals surface area contributed by atoms with Gasteiger partial charge in [-0.25, -0.2) is 14.4 Å². The molecule has 1 aromatic heterocycles. The average molecular weight is 474 g/mol. The third-order valence-electron chi connectivity index (χ3n) is 7.05. The Morgan fingerprint density at radius 2 is 1.71 bits per heavy atom. The third kappa shape index (κ3) is 6.03. The maximum atomic E-state index is 13.5. The van der Waals surface area contributed by atoms with Crippen LogP contribution >= 0.6 is 0 Å². The minimum Gasteiger partial charge on any atom is -0.353 e. The summed E-state index contributed by atoms with van der Waals surface area (Å²) in [5.41, 5.74) is 2.86. The fourth-order valence-corrected chi connectivity index (χ4v) is 5.07. The molecule has 1 unspecified atom stereocenters. The van der Waals surface area contributed by atoms with Gasteiger partial charge in [0.15, 0.2) is 0 Å². The monoisotopic (exact) mass is 473 g/mol. The lowest BCUT2D eigenvalue weighted by Crippen LogP contribution is -2.49. The molecule has 3 aromatic rings. The van der Waals surface area contributed by atoms with Gasteiger partial charge in [0.2, 0.25) is 11.9 Å². The average Bonchev–Trinajstić information content (AvgIpc) is 2.90. The van der Waals surface area contributed by atoms with Gasteiger partial charge in [0.05, 0.1) is 5.92 Å². The molecule has 35 heavy (non-hydrogen) atoms. The number of hydrogen-bond donors (Lipinski definition) is 1. The van der Waals surface area contributed by atoms with Crippen molar-refractivity contribution in [3.05, 3.63) is 78.4 Å². The van der Waals surface area contributed by atoms with Crippen LogP contribution in [0.25, 0.3) is 11.1 Å². The Labute approximate surface area is 206 Å². The van der Waals surface area contributed by atoms with Gasteiger partial charge in [0.1, 0.15) is 5.82 Å². The summed E-state index contributed by atoms with van der Waals surface area (Å²) in [6, 6.07) is 17.2. The molecule has 0 saturated carbocycles. The molecule has 2 aliphatic rings. The summed E-state index contributed by atoms with van der Waals surface area (Å²) >= 11 is 0. The quantitative estimate of drug-likeness (QED) is 0.579. The highest BCUT2D eigenvalue weighted by Crippen LogP contribution is 2.24. The summed E-state index contributed by atoms with van der Waals surface area (Å²) in [7, 11) is 0. The number of nitrogens with one attached hydrogen (secondary N) is 1. The molecule has 1 amide bonds. The van der Waals surface area contributed by atoms with Gasteiger partial charge in [-0.1, -0.05) is 42.5 Å². The number of nitrogens with zero attached hydrogens (tertiary/aromatic N) is 4. The van der Waals surface area contributed by atoms with E-state index in [1.807, 2.05) is 12.1 Å². The molecule has 1 atom stereocenters. The van der Waals surface area contributed by atoms with Gasteiger partial charge in [-0.05, 0) is 48.9 Å². The normalized spacial score (nSPS) is 19.5. The first kappa shape index (κ1) is 23.4. The van der Waals surface area contributed by atoms with Gasteiger partial charge in [0, 0.05) is 56.7 Å². The van der Waals surface area contributed by atoms with Crippen LogP contribution in [0.1, 0.15) is 31.2 Å². The first-order valence-electron chi connectivity index (χ1n) is 12.5. The molecule has 0 spiro atoms. The molecule has 2 saturated heterocycles. The zero-order valence-corrected chi connectivity index (χ0v) is 19.9. The summed E-state index contributed by atoms with van der Waals surface area (Å²) in [4.78, 5) is 26.6. The van der Waals surface area contributed by atoms with Crippen molar-refractivity contribution in [2.45, 2.75) is 38.3 Å². The molecular weight excluding hydrogens is 441 g/mol. The fourth-order valence-electron chi connectivity index (χ4n) is 5.07. The molecule has 182 valence electrons. The molecule has 2 aromatic carbocycles. The van der Waals surface area contributed by atoms with Crippen molar-refractivity contribution in [2.24, 2.45) is 5.92 Å². The molecular formula is C28H32FN5O. The highest BCUT2D eigenvalue weighted by molar-refractivity contribution is 5.79. The maximum absolute atomic E-state index is 13.5. The zero-order chi connectivity index (χ0) is 24.0. The number of amides is 1. The third-order valence-corrected chi connectivity index (χ3v) is 7.05. The highest BCUT2D eigenvalue weighted by atomic mass is 19.1. The van der Waals surface area contributed by atoms with Crippen molar-refractivity contribution in [1.82, 2.24) is 20.2 Å². The number of likely N-dealkylation sites (tertiary alicyclic amines) is 1. The first-order chi connectivity index (χ1) is 17.1. The highest BCUT2D eigenvalue weighted by Gasteiger charge is 2.29. The van der Waals surface area contributed by atoms with E-state index in [1.54, 1.807) is 18.5 Å². The summed E-state index contributed by atoms with van der Waals surface area (Å²) in [5, 5.41) is 3.31. The van der Waals surface area contributed by atoms with Gasteiger partial charge in [-0.3, -0.25) is 9.69 Å². The predicted molar refractivity (Wildman–Crippen MR) is 135 cm³/mol. The summed E-state index contributed by atoms with van der Waals surface area (Å²) in [5.74, 6) is 0.431. The largest absolute Gasteiger partial charge is 0.353 e. The molecule has 0 bridgehead atoms. The van der Waals surface area contributed by atoms with Crippen molar-refractivity contribution in [3.8, 4) is 11.1 Å². The van der Waals surface area contributed by atoms with E-state index in [2.05, 4.69) is 49.4 Å². The lowest BCUT2D eigenvalue weighted by Gasteiger charge is -2.35.